The lowest BCUT2D eigenvalue weighted by atomic mass is 10.0. The molecule has 3 nitrogen and oxygen atoms in total. The van der Waals surface area contributed by atoms with Crippen LogP contribution in [0.15, 0.2) is 41.0 Å². The Bertz CT molecular complexity index is 498. The van der Waals surface area contributed by atoms with Crippen molar-refractivity contribution in [1.29, 1.82) is 0 Å². The van der Waals surface area contributed by atoms with Crippen molar-refractivity contribution < 1.29 is 13.9 Å². The summed E-state index contributed by atoms with van der Waals surface area (Å²) >= 11 is 0. The Kier molecular flexibility index (Phi) is 2.77. The van der Waals surface area contributed by atoms with E-state index in [0.29, 0.717) is 5.56 Å². The maximum atomic E-state index is 11.4. The van der Waals surface area contributed by atoms with E-state index in [9.17, 15) is 4.79 Å². The minimum atomic E-state index is -0.340. The fourth-order valence-corrected chi connectivity index (χ4v) is 1.56. The SMILES string of the molecule is COC(=O)c1ccc(C)c(-c2ccco2)c1. The van der Waals surface area contributed by atoms with Crippen molar-refractivity contribution in [1.82, 2.24) is 0 Å². The van der Waals surface area contributed by atoms with Gasteiger partial charge in [0.05, 0.1) is 18.9 Å². The summed E-state index contributed by atoms with van der Waals surface area (Å²) in [5.41, 5.74) is 2.50. The van der Waals surface area contributed by atoms with E-state index in [4.69, 9.17) is 4.42 Å². The Hall–Kier alpha value is -2.03. The summed E-state index contributed by atoms with van der Waals surface area (Å²) in [4.78, 5) is 11.4. The summed E-state index contributed by atoms with van der Waals surface area (Å²) in [6, 6.07) is 9.08. The van der Waals surface area contributed by atoms with Crippen molar-refractivity contribution in [2.45, 2.75) is 6.92 Å². The maximum Gasteiger partial charge on any atom is 0.337 e. The van der Waals surface area contributed by atoms with Gasteiger partial charge in [0.15, 0.2) is 0 Å². The number of carbonyl (C=O) groups excluding carboxylic acids is 1. The van der Waals surface area contributed by atoms with E-state index in [-0.39, 0.29) is 5.97 Å². The zero-order valence-corrected chi connectivity index (χ0v) is 9.19. The van der Waals surface area contributed by atoms with Crippen LogP contribution in [0.2, 0.25) is 0 Å². The van der Waals surface area contributed by atoms with Gasteiger partial charge >= 0.3 is 5.97 Å². The number of aryl methyl sites for hydroxylation is 1. The highest BCUT2D eigenvalue weighted by atomic mass is 16.5. The standard InChI is InChI=1S/C13H12O3/c1-9-5-6-10(13(14)15-2)8-11(9)12-4-3-7-16-12/h3-8H,1-2H3. The molecule has 0 saturated heterocycles. The summed E-state index contributed by atoms with van der Waals surface area (Å²) in [5.74, 6) is 0.413. The third-order valence-corrected chi connectivity index (χ3v) is 2.45. The second kappa shape index (κ2) is 4.23. The second-order valence-electron chi connectivity index (χ2n) is 3.50. The molecule has 1 aromatic heterocycles. The summed E-state index contributed by atoms with van der Waals surface area (Å²) in [5, 5.41) is 0. The quantitative estimate of drug-likeness (QED) is 0.724. The molecule has 0 N–H and O–H groups in total. The van der Waals surface area contributed by atoms with Crippen LogP contribution >= 0.6 is 0 Å². The van der Waals surface area contributed by atoms with Gasteiger partial charge in [-0.05, 0) is 36.8 Å². The molecule has 0 aliphatic heterocycles. The minimum Gasteiger partial charge on any atom is -0.465 e. The highest BCUT2D eigenvalue weighted by Crippen LogP contribution is 2.25. The van der Waals surface area contributed by atoms with E-state index in [1.165, 1.54) is 7.11 Å². The Morgan fingerprint density at radius 2 is 2.12 bits per heavy atom. The fourth-order valence-electron chi connectivity index (χ4n) is 1.56. The average molecular weight is 216 g/mol. The van der Waals surface area contributed by atoms with Crippen molar-refractivity contribution in [3.05, 3.63) is 47.7 Å². The van der Waals surface area contributed by atoms with E-state index in [0.717, 1.165) is 16.9 Å². The number of rotatable bonds is 2. The van der Waals surface area contributed by atoms with Crippen molar-refractivity contribution in [2.75, 3.05) is 7.11 Å². The first-order valence-corrected chi connectivity index (χ1v) is 4.95. The van der Waals surface area contributed by atoms with Crippen LogP contribution in [0.3, 0.4) is 0 Å². The molecule has 0 fully saturated rings. The first-order chi connectivity index (χ1) is 7.72. The van der Waals surface area contributed by atoms with E-state index >= 15 is 0 Å². The summed E-state index contributed by atoms with van der Waals surface area (Å²) in [7, 11) is 1.37. The molecular weight excluding hydrogens is 204 g/mol. The molecule has 0 atom stereocenters. The molecule has 2 aromatic rings. The third-order valence-electron chi connectivity index (χ3n) is 2.45. The van der Waals surface area contributed by atoms with Gasteiger partial charge in [-0.1, -0.05) is 6.07 Å². The van der Waals surface area contributed by atoms with E-state index in [1.54, 1.807) is 18.4 Å². The van der Waals surface area contributed by atoms with E-state index in [2.05, 4.69) is 4.74 Å². The number of benzene rings is 1. The Morgan fingerprint density at radius 1 is 1.31 bits per heavy atom. The number of ether oxygens (including phenoxy) is 1. The summed E-state index contributed by atoms with van der Waals surface area (Å²) in [6.07, 6.45) is 1.61. The van der Waals surface area contributed by atoms with Gasteiger partial charge in [0.25, 0.3) is 0 Å². The molecule has 0 saturated carbocycles. The highest BCUT2D eigenvalue weighted by Gasteiger charge is 2.10. The first-order valence-electron chi connectivity index (χ1n) is 4.95. The fraction of sp³-hybridized carbons (Fsp3) is 0.154. The van der Waals surface area contributed by atoms with Crippen LogP contribution in [-0.4, -0.2) is 13.1 Å². The maximum absolute atomic E-state index is 11.4. The van der Waals surface area contributed by atoms with Gasteiger partial charge in [-0.25, -0.2) is 4.79 Å². The van der Waals surface area contributed by atoms with Crippen LogP contribution in [0.25, 0.3) is 11.3 Å². The van der Waals surface area contributed by atoms with Crippen LogP contribution in [0.1, 0.15) is 15.9 Å². The molecule has 0 aliphatic rings. The normalized spacial score (nSPS) is 10.1. The van der Waals surface area contributed by atoms with E-state index in [1.807, 2.05) is 25.1 Å². The number of methoxy groups -OCH3 is 1. The number of carbonyl (C=O) groups is 1. The Morgan fingerprint density at radius 3 is 2.75 bits per heavy atom. The minimum absolute atomic E-state index is 0.340. The van der Waals surface area contributed by atoms with Gasteiger partial charge in [-0.15, -0.1) is 0 Å². The van der Waals surface area contributed by atoms with Crippen LogP contribution < -0.4 is 0 Å². The predicted molar refractivity (Wildman–Crippen MR) is 60.2 cm³/mol. The van der Waals surface area contributed by atoms with Crippen molar-refractivity contribution in [3.8, 4) is 11.3 Å². The molecular formula is C13H12O3. The molecule has 16 heavy (non-hydrogen) atoms. The zero-order valence-electron chi connectivity index (χ0n) is 9.19. The predicted octanol–water partition coefficient (Wildman–Crippen LogP) is 3.04. The number of hydrogen-bond donors (Lipinski definition) is 0. The Balaban J connectivity index is 2.49. The topological polar surface area (TPSA) is 39.4 Å². The number of hydrogen-bond acceptors (Lipinski definition) is 3. The molecule has 0 amide bonds. The number of furan rings is 1. The molecule has 0 unspecified atom stereocenters. The van der Waals surface area contributed by atoms with Gasteiger partial charge in [0, 0.05) is 5.56 Å². The lowest BCUT2D eigenvalue weighted by Crippen LogP contribution is -2.01. The number of esters is 1. The largest absolute Gasteiger partial charge is 0.465 e. The van der Waals surface area contributed by atoms with Gasteiger partial charge in [0.2, 0.25) is 0 Å². The molecule has 0 spiro atoms. The van der Waals surface area contributed by atoms with E-state index < -0.39 is 0 Å². The molecule has 2 rings (SSSR count). The van der Waals surface area contributed by atoms with Crippen molar-refractivity contribution in [2.24, 2.45) is 0 Å². The zero-order chi connectivity index (χ0) is 11.5. The Labute approximate surface area is 93.7 Å². The van der Waals surface area contributed by atoms with Crippen molar-refractivity contribution in [3.63, 3.8) is 0 Å². The molecule has 1 heterocycles. The summed E-state index contributed by atoms with van der Waals surface area (Å²) in [6.45, 7) is 1.97. The molecule has 0 radical (unpaired) electrons. The lowest BCUT2D eigenvalue weighted by molar-refractivity contribution is 0.0601. The smallest absolute Gasteiger partial charge is 0.337 e. The van der Waals surface area contributed by atoms with Crippen LogP contribution in [-0.2, 0) is 4.74 Å². The van der Waals surface area contributed by atoms with Gasteiger partial charge < -0.3 is 9.15 Å². The van der Waals surface area contributed by atoms with Gasteiger partial charge in [-0.2, -0.15) is 0 Å². The molecule has 1 aromatic carbocycles. The van der Waals surface area contributed by atoms with Gasteiger partial charge in [0.1, 0.15) is 5.76 Å². The highest BCUT2D eigenvalue weighted by molar-refractivity contribution is 5.91. The van der Waals surface area contributed by atoms with Crippen molar-refractivity contribution >= 4 is 5.97 Å². The molecule has 0 bridgehead atoms. The molecule has 0 aliphatic carbocycles. The first kappa shape index (κ1) is 10.5. The average Bonchev–Trinajstić information content (AvgIpc) is 2.82. The van der Waals surface area contributed by atoms with Crippen LogP contribution in [0.5, 0.6) is 0 Å². The van der Waals surface area contributed by atoms with Gasteiger partial charge in [-0.3, -0.25) is 0 Å². The molecule has 82 valence electrons. The lowest BCUT2D eigenvalue weighted by Gasteiger charge is -2.05. The monoisotopic (exact) mass is 216 g/mol. The molecule has 3 heteroatoms. The third kappa shape index (κ3) is 1.84. The van der Waals surface area contributed by atoms with Crippen LogP contribution in [0.4, 0.5) is 0 Å². The second-order valence-corrected chi connectivity index (χ2v) is 3.50. The van der Waals surface area contributed by atoms with Crippen LogP contribution in [0, 0.1) is 6.92 Å². The summed E-state index contributed by atoms with van der Waals surface area (Å²) < 4.78 is 10.00.